The molecule has 27 heavy (non-hydrogen) atoms. The maximum absolute atomic E-state index is 12.3. The molecular formula is C22H25NO3S. The number of nitrogens with one attached hydrogen (secondary N) is 1. The third-order valence-corrected chi connectivity index (χ3v) is 5.92. The fraction of sp³-hybridized carbons (Fsp3) is 0.409. The van der Waals surface area contributed by atoms with E-state index in [1.54, 1.807) is 6.07 Å². The summed E-state index contributed by atoms with van der Waals surface area (Å²) in [5, 5.41) is 4.95. The summed E-state index contributed by atoms with van der Waals surface area (Å²) in [7, 11) is 0. The number of fused-ring (bicyclic) bond motifs is 1. The standard InChI is InChI=1S/C22H25NO3S/c24-17(11-13-20(25)21-10-5-15-27-21)12-14-22(26)23-19-9-4-2-7-16-6-1-3-8-18(16)19/h1,3,5-6,8,10,15,19H,2,4,7,9,11-14H2,(H,23,26). The van der Waals surface area contributed by atoms with Crippen LogP contribution in [-0.2, 0) is 16.0 Å². The monoisotopic (exact) mass is 383 g/mol. The molecule has 1 aromatic heterocycles. The average molecular weight is 384 g/mol. The minimum absolute atomic E-state index is 0.00198. The Morgan fingerprint density at radius 2 is 1.78 bits per heavy atom. The van der Waals surface area contributed by atoms with Crippen molar-refractivity contribution in [2.75, 3.05) is 0 Å². The van der Waals surface area contributed by atoms with Crippen LogP contribution < -0.4 is 5.32 Å². The smallest absolute Gasteiger partial charge is 0.220 e. The summed E-state index contributed by atoms with van der Waals surface area (Å²) in [5.41, 5.74) is 2.51. The van der Waals surface area contributed by atoms with E-state index in [0.717, 1.165) is 25.7 Å². The molecule has 0 fully saturated rings. The molecule has 0 radical (unpaired) electrons. The van der Waals surface area contributed by atoms with Crippen molar-refractivity contribution in [2.45, 2.75) is 57.4 Å². The van der Waals surface area contributed by atoms with Gasteiger partial charge in [-0.2, -0.15) is 0 Å². The van der Waals surface area contributed by atoms with Gasteiger partial charge in [-0.15, -0.1) is 11.3 Å². The number of hydrogen-bond donors (Lipinski definition) is 1. The molecular weight excluding hydrogens is 358 g/mol. The van der Waals surface area contributed by atoms with E-state index in [1.807, 2.05) is 23.6 Å². The van der Waals surface area contributed by atoms with Crippen LogP contribution in [0.25, 0.3) is 0 Å². The molecule has 1 atom stereocenters. The molecule has 0 saturated carbocycles. The minimum atomic E-state index is -0.0883. The van der Waals surface area contributed by atoms with E-state index in [-0.39, 0.29) is 49.2 Å². The van der Waals surface area contributed by atoms with Crippen molar-refractivity contribution in [1.29, 1.82) is 0 Å². The molecule has 4 nitrogen and oxygen atoms in total. The first-order valence-electron chi connectivity index (χ1n) is 9.59. The van der Waals surface area contributed by atoms with Crippen molar-refractivity contribution in [3.05, 3.63) is 57.8 Å². The topological polar surface area (TPSA) is 63.2 Å². The number of hydrogen-bond acceptors (Lipinski definition) is 4. The van der Waals surface area contributed by atoms with Gasteiger partial charge in [0.2, 0.25) is 5.91 Å². The number of rotatable bonds is 8. The van der Waals surface area contributed by atoms with Gasteiger partial charge in [0.1, 0.15) is 5.78 Å². The molecule has 1 heterocycles. The zero-order valence-electron chi connectivity index (χ0n) is 15.4. The lowest BCUT2D eigenvalue weighted by Crippen LogP contribution is -2.29. The van der Waals surface area contributed by atoms with Crippen molar-refractivity contribution in [1.82, 2.24) is 5.32 Å². The van der Waals surface area contributed by atoms with E-state index in [9.17, 15) is 14.4 Å². The van der Waals surface area contributed by atoms with E-state index in [2.05, 4.69) is 17.4 Å². The fourth-order valence-corrected chi connectivity index (χ4v) is 4.22. The number of thiophene rings is 1. The maximum atomic E-state index is 12.3. The van der Waals surface area contributed by atoms with Gasteiger partial charge in [-0.05, 0) is 41.8 Å². The third-order valence-electron chi connectivity index (χ3n) is 5.01. The number of Topliss-reactive ketones (excluding diaryl/α,β-unsaturated/α-hetero) is 2. The molecule has 1 aliphatic carbocycles. The quantitative estimate of drug-likeness (QED) is 0.533. The third kappa shape index (κ3) is 5.60. The van der Waals surface area contributed by atoms with Crippen LogP contribution in [0.4, 0.5) is 0 Å². The first kappa shape index (κ1) is 19.5. The van der Waals surface area contributed by atoms with E-state index in [0.29, 0.717) is 4.88 Å². The zero-order valence-corrected chi connectivity index (χ0v) is 16.2. The van der Waals surface area contributed by atoms with Crippen LogP contribution in [0.3, 0.4) is 0 Å². The van der Waals surface area contributed by atoms with Crippen molar-refractivity contribution >= 4 is 28.8 Å². The number of aryl methyl sites for hydroxylation is 1. The molecule has 2 aromatic rings. The summed E-state index contributed by atoms with van der Waals surface area (Å²) >= 11 is 1.39. The Bertz CT molecular complexity index is 798. The number of amides is 1. The van der Waals surface area contributed by atoms with Crippen molar-refractivity contribution in [2.24, 2.45) is 0 Å². The molecule has 0 bridgehead atoms. The summed E-state index contributed by atoms with van der Waals surface area (Å²) in [6.07, 6.45) is 5.02. The van der Waals surface area contributed by atoms with Gasteiger partial charge in [-0.3, -0.25) is 14.4 Å². The van der Waals surface area contributed by atoms with Crippen LogP contribution in [0.5, 0.6) is 0 Å². The van der Waals surface area contributed by atoms with Crippen molar-refractivity contribution < 1.29 is 14.4 Å². The highest BCUT2D eigenvalue weighted by atomic mass is 32.1. The Hall–Kier alpha value is -2.27. The normalized spacial score (nSPS) is 16.2. The highest BCUT2D eigenvalue weighted by molar-refractivity contribution is 7.12. The van der Waals surface area contributed by atoms with Gasteiger partial charge >= 0.3 is 0 Å². The summed E-state index contributed by atoms with van der Waals surface area (Å²) in [4.78, 5) is 37.0. The average Bonchev–Trinajstić information content (AvgIpc) is 3.15. The lowest BCUT2D eigenvalue weighted by atomic mass is 9.99. The first-order chi connectivity index (χ1) is 13.1. The van der Waals surface area contributed by atoms with Gasteiger partial charge in [-0.1, -0.05) is 36.8 Å². The van der Waals surface area contributed by atoms with Gasteiger partial charge in [0.25, 0.3) is 0 Å². The van der Waals surface area contributed by atoms with Crippen LogP contribution >= 0.6 is 11.3 Å². The SMILES string of the molecule is O=C(CCC(=O)NC1CCCCc2ccccc21)CCC(=O)c1cccs1. The van der Waals surface area contributed by atoms with E-state index in [1.165, 1.54) is 22.5 Å². The van der Waals surface area contributed by atoms with Gasteiger partial charge < -0.3 is 5.32 Å². The lowest BCUT2D eigenvalue weighted by Gasteiger charge is -2.19. The van der Waals surface area contributed by atoms with Crippen LogP contribution in [0.2, 0.25) is 0 Å². The Labute approximate surface area is 164 Å². The molecule has 0 spiro atoms. The van der Waals surface area contributed by atoms with E-state index < -0.39 is 0 Å². The zero-order chi connectivity index (χ0) is 19.1. The molecule has 5 heteroatoms. The second kappa shape index (κ2) is 9.60. The highest BCUT2D eigenvalue weighted by Gasteiger charge is 2.20. The Balaban J connectivity index is 1.44. The van der Waals surface area contributed by atoms with E-state index in [4.69, 9.17) is 0 Å². The second-order valence-corrected chi connectivity index (χ2v) is 7.95. The molecule has 0 saturated heterocycles. The number of benzene rings is 1. The fourth-order valence-electron chi connectivity index (χ4n) is 3.53. The van der Waals surface area contributed by atoms with Gasteiger partial charge in [-0.25, -0.2) is 0 Å². The molecule has 3 rings (SSSR count). The summed E-state index contributed by atoms with van der Waals surface area (Å²) in [6.45, 7) is 0. The summed E-state index contributed by atoms with van der Waals surface area (Å²) in [6, 6.07) is 11.9. The number of carbonyl (C=O) groups excluding carboxylic acids is 3. The van der Waals surface area contributed by atoms with E-state index >= 15 is 0 Å². The van der Waals surface area contributed by atoms with Gasteiger partial charge in [0, 0.05) is 25.7 Å². The molecule has 1 N–H and O–H groups in total. The van der Waals surface area contributed by atoms with Gasteiger partial charge in [0.15, 0.2) is 5.78 Å². The first-order valence-corrected chi connectivity index (χ1v) is 10.5. The summed E-state index contributed by atoms with van der Waals surface area (Å²) < 4.78 is 0. The van der Waals surface area contributed by atoms with Crippen molar-refractivity contribution in [3.63, 3.8) is 0 Å². The largest absolute Gasteiger partial charge is 0.349 e. The molecule has 0 aliphatic heterocycles. The number of carbonyl (C=O) groups is 3. The second-order valence-electron chi connectivity index (χ2n) is 7.00. The predicted molar refractivity (Wildman–Crippen MR) is 107 cm³/mol. The van der Waals surface area contributed by atoms with Crippen LogP contribution in [0.1, 0.15) is 71.8 Å². The molecule has 1 amide bonds. The Morgan fingerprint density at radius 3 is 2.59 bits per heavy atom. The van der Waals surface area contributed by atoms with Crippen LogP contribution in [0.15, 0.2) is 41.8 Å². The minimum Gasteiger partial charge on any atom is -0.349 e. The molecule has 1 aromatic carbocycles. The molecule has 1 aliphatic rings. The highest BCUT2D eigenvalue weighted by Crippen LogP contribution is 2.28. The maximum Gasteiger partial charge on any atom is 0.220 e. The Morgan fingerprint density at radius 1 is 0.963 bits per heavy atom. The van der Waals surface area contributed by atoms with Crippen LogP contribution in [-0.4, -0.2) is 17.5 Å². The number of ketones is 2. The molecule has 1 unspecified atom stereocenters. The Kier molecular flexibility index (Phi) is 6.93. The molecule has 142 valence electrons. The van der Waals surface area contributed by atoms with Crippen LogP contribution in [0, 0.1) is 0 Å². The lowest BCUT2D eigenvalue weighted by molar-refractivity contribution is -0.125. The van der Waals surface area contributed by atoms with Crippen molar-refractivity contribution in [3.8, 4) is 0 Å². The predicted octanol–water partition coefficient (Wildman–Crippen LogP) is 4.64. The van der Waals surface area contributed by atoms with Gasteiger partial charge in [0.05, 0.1) is 10.9 Å². The summed E-state index contributed by atoms with van der Waals surface area (Å²) in [5.74, 6) is -0.121.